The normalized spacial score (nSPS) is 14.5. The Labute approximate surface area is 94.5 Å². The zero-order valence-electron chi connectivity index (χ0n) is 9.00. The van der Waals surface area contributed by atoms with E-state index in [0.29, 0.717) is 6.10 Å². The highest BCUT2D eigenvalue weighted by Gasteiger charge is 2.17. The van der Waals surface area contributed by atoms with Crippen molar-refractivity contribution in [3.63, 3.8) is 0 Å². The van der Waals surface area contributed by atoms with Crippen LogP contribution in [-0.2, 0) is 11.3 Å². The molecule has 2 N–H and O–H groups in total. The van der Waals surface area contributed by atoms with Gasteiger partial charge in [-0.15, -0.1) is 0 Å². The molecule has 0 atom stereocenters. The van der Waals surface area contributed by atoms with E-state index < -0.39 is 6.16 Å². The van der Waals surface area contributed by atoms with Gasteiger partial charge in [-0.2, -0.15) is 0 Å². The maximum absolute atomic E-state index is 8.56. The first-order chi connectivity index (χ1) is 7.68. The minimum atomic E-state index is -1.83. The molecule has 0 unspecified atom stereocenters. The third kappa shape index (κ3) is 5.36. The molecule has 0 aliphatic heterocycles. The largest absolute Gasteiger partial charge is 0.503 e. The number of carboxylic acid groups (broad SMARTS) is 2. The topological polar surface area (TPSA) is 66.8 Å². The molecule has 0 amide bonds. The van der Waals surface area contributed by atoms with E-state index in [1.165, 1.54) is 24.8 Å². The summed E-state index contributed by atoms with van der Waals surface area (Å²) in [5.74, 6) is 0. The number of hydrogen-bond donors (Lipinski definition) is 2. The molecule has 2 rings (SSSR count). The number of ether oxygens (including phenoxy) is 1. The Balaban J connectivity index is 0.000000280. The summed E-state index contributed by atoms with van der Waals surface area (Å²) in [4.78, 5) is 8.56. The van der Waals surface area contributed by atoms with E-state index in [1.54, 1.807) is 0 Å². The lowest BCUT2D eigenvalue weighted by Gasteiger charge is -2.25. The van der Waals surface area contributed by atoms with Crippen LogP contribution in [0, 0.1) is 0 Å². The summed E-state index contributed by atoms with van der Waals surface area (Å²) in [6.45, 7) is 0.783. The average molecular weight is 224 g/mol. The number of rotatable bonds is 3. The predicted molar refractivity (Wildman–Crippen MR) is 59.5 cm³/mol. The zero-order valence-corrected chi connectivity index (χ0v) is 9.00. The molecule has 0 spiro atoms. The van der Waals surface area contributed by atoms with Crippen molar-refractivity contribution in [1.82, 2.24) is 0 Å². The van der Waals surface area contributed by atoms with Crippen LogP contribution in [0.3, 0.4) is 0 Å². The fourth-order valence-electron chi connectivity index (χ4n) is 1.33. The first-order valence-electron chi connectivity index (χ1n) is 5.26. The molecule has 0 radical (unpaired) electrons. The van der Waals surface area contributed by atoms with Gasteiger partial charge >= 0.3 is 6.16 Å². The molecule has 0 aromatic heterocycles. The quantitative estimate of drug-likeness (QED) is 0.828. The Hall–Kier alpha value is -1.55. The summed E-state index contributed by atoms with van der Waals surface area (Å²) in [5.41, 5.74) is 1.28. The molecule has 1 saturated carbocycles. The van der Waals surface area contributed by atoms with Gasteiger partial charge in [0, 0.05) is 0 Å². The van der Waals surface area contributed by atoms with Crippen LogP contribution in [0.1, 0.15) is 24.8 Å². The first-order valence-corrected chi connectivity index (χ1v) is 5.26. The lowest BCUT2D eigenvalue weighted by molar-refractivity contribution is -0.00866. The van der Waals surface area contributed by atoms with E-state index in [2.05, 4.69) is 24.3 Å². The maximum Gasteiger partial charge on any atom is 0.503 e. The molecule has 1 aromatic carbocycles. The van der Waals surface area contributed by atoms with Gasteiger partial charge in [0.1, 0.15) is 0 Å². The van der Waals surface area contributed by atoms with Crippen LogP contribution in [0.2, 0.25) is 0 Å². The Morgan fingerprint density at radius 1 is 1.25 bits per heavy atom. The monoisotopic (exact) mass is 224 g/mol. The number of benzene rings is 1. The van der Waals surface area contributed by atoms with Gasteiger partial charge in [-0.25, -0.2) is 4.79 Å². The smallest absolute Gasteiger partial charge is 0.450 e. The standard InChI is InChI=1S/C11H14O.CH2O3/c1-2-5-10(6-3-1)9-12-11-7-4-8-11;2-1(3)4/h1-3,5-6,11H,4,7-9H2;(H2,2,3,4). The van der Waals surface area contributed by atoms with E-state index in [-0.39, 0.29) is 0 Å². The Bertz CT molecular complexity index is 302. The molecule has 0 bridgehead atoms. The zero-order chi connectivity index (χ0) is 11.8. The third-order valence-electron chi connectivity index (χ3n) is 2.38. The van der Waals surface area contributed by atoms with Crippen LogP contribution >= 0.6 is 0 Å². The highest BCUT2D eigenvalue weighted by molar-refractivity contribution is 5.53. The number of carbonyl (C=O) groups is 1. The van der Waals surface area contributed by atoms with Crippen molar-refractivity contribution in [3.05, 3.63) is 35.9 Å². The summed E-state index contributed by atoms with van der Waals surface area (Å²) < 4.78 is 5.66. The van der Waals surface area contributed by atoms with Gasteiger partial charge in [0.25, 0.3) is 0 Å². The fraction of sp³-hybridized carbons (Fsp3) is 0.417. The SMILES string of the molecule is O=C(O)O.c1ccc(COC2CCC2)cc1. The minimum Gasteiger partial charge on any atom is -0.450 e. The second-order valence-electron chi connectivity index (χ2n) is 3.63. The summed E-state index contributed by atoms with van der Waals surface area (Å²) in [7, 11) is 0. The summed E-state index contributed by atoms with van der Waals surface area (Å²) in [5, 5.41) is 13.9. The van der Waals surface area contributed by atoms with Crippen molar-refractivity contribution in [2.75, 3.05) is 0 Å². The van der Waals surface area contributed by atoms with Crippen molar-refractivity contribution >= 4 is 6.16 Å². The Kier molecular flexibility index (Phi) is 5.36. The second-order valence-corrected chi connectivity index (χ2v) is 3.63. The summed E-state index contributed by atoms with van der Waals surface area (Å²) in [6, 6.07) is 10.4. The van der Waals surface area contributed by atoms with Crippen LogP contribution in [0.15, 0.2) is 30.3 Å². The van der Waals surface area contributed by atoms with Gasteiger partial charge in [0.15, 0.2) is 0 Å². The molecular weight excluding hydrogens is 208 g/mol. The molecular formula is C12H16O4. The van der Waals surface area contributed by atoms with Crippen molar-refractivity contribution in [2.45, 2.75) is 32.0 Å². The fourth-order valence-corrected chi connectivity index (χ4v) is 1.33. The molecule has 88 valence electrons. The van der Waals surface area contributed by atoms with E-state index in [4.69, 9.17) is 19.7 Å². The number of hydrogen-bond acceptors (Lipinski definition) is 2. The Morgan fingerprint density at radius 3 is 2.25 bits per heavy atom. The second kappa shape index (κ2) is 6.85. The van der Waals surface area contributed by atoms with Gasteiger partial charge in [-0.3, -0.25) is 0 Å². The van der Waals surface area contributed by atoms with Gasteiger partial charge < -0.3 is 14.9 Å². The molecule has 4 heteroatoms. The van der Waals surface area contributed by atoms with E-state index >= 15 is 0 Å². The first kappa shape index (κ1) is 12.5. The molecule has 0 heterocycles. The molecule has 0 saturated heterocycles. The van der Waals surface area contributed by atoms with Gasteiger partial charge in [0.2, 0.25) is 0 Å². The molecule has 1 fully saturated rings. The van der Waals surface area contributed by atoms with Crippen molar-refractivity contribution in [1.29, 1.82) is 0 Å². The van der Waals surface area contributed by atoms with E-state index in [1.807, 2.05) is 6.07 Å². The van der Waals surface area contributed by atoms with E-state index in [9.17, 15) is 0 Å². The van der Waals surface area contributed by atoms with Crippen LogP contribution in [0.5, 0.6) is 0 Å². The van der Waals surface area contributed by atoms with Crippen molar-refractivity contribution in [3.8, 4) is 0 Å². The molecule has 4 nitrogen and oxygen atoms in total. The molecule has 1 aliphatic rings. The lowest BCUT2D eigenvalue weighted by atomic mass is 9.96. The minimum absolute atomic E-state index is 0.546. The predicted octanol–water partition coefficient (Wildman–Crippen LogP) is 2.98. The highest BCUT2D eigenvalue weighted by atomic mass is 16.6. The van der Waals surface area contributed by atoms with E-state index in [0.717, 1.165) is 6.61 Å². The third-order valence-corrected chi connectivity index (χ3v) is 2.38. The average Bonchev–Trinajstić information content (AvgIpc) is 2.16. The van der Waals surface area contributed by atoms with Gasteiger partial charge in [-0.05, 0) is 24.8 Å². The van der Waals surface area contributed by atoms with Crippen LogP contribution in [0.25, 0.3) is 0 Å². The maximum atomic E-state index is 8.56. The van der Waals surface area contributed by atoms with Crippen molar-refractivity contribution < 1.29 is 19.7 Å². The van der Waals surface area contributed by atoms with Crippen LogP contribution in [0.4, 0.5) is 4.79 Å². The highest BCUT2D eigenvalue weighted by Crippen LogP contribution is 2.22. The lowest BCUT2D eigenvalue weighted by Crippen LogP contribution is -2.21. The van der Waals surface area contributed by atoms with Gasteiger partial charge in [0.05, 0.1) is 12.7 Å². The Morgan fingerprint density at radius 2 is 1.81 bits per heavy atom. The van der Waals surface area contributed by atoms with Crippen molar-refractivity contribution in [2.24, 2.45) is 0 Å². The summed E-state index contributed by atoms with van der Waals surface area (Å²) >= 11 is 0. The van der Waals surface area contributed by atoms with Crippen LogP contribution in [-0.4, -0.2) is 22.5 Å². The molecule has 1 aliphatic carbocycles. The van der Waals surface area contributed by atoms with Gasteiger partial charge in [-0.1, -0.05) is 30.3 Å². The molecule has 16 heavy (non-hydrogen) atoms. The summed E-state index contributed by atoms with van der Waals surface area (Å²) in [6.07, 6.45) is 2.57. The van der Waals surface area contributed by atoms with Crippen LogP contribution < -0.4 is 0 Å². The molecule has 1 aromatic rings.